The summed E-state index contributed by atoms with van der Waals surface area (Å²) in [6, 6.07) is 11.2. The van der Waals surface area contributed by atoms with E-state index in [1.165, 1.54) is 35.7 Å². The van der Waals surface area contributed by atoms with Crippen molar-refractivity contribution in [2.75, 3.05) is 31.3 Å². The molecule has 0 aliphatic carbocycles. The fourth-order valence-electron chi connectivity index (χ4n) is 5.54. The summed E-state index contributed by atoms with van der Waals surface area (Å²) in [7, 11) is 0. The van der Waals surface area contributed by atoms with E-state index in [9.17, 15) is 5.11 Å². The molecule has 0 bridgehead atoms. The highest BCUT2D eigenvalue weighted by atomic mass is 32.2. The summed E-state index contributed by atoms with van der Waals surface area (Å²) >= 11 is 1.40. The van der Waals surface area contributed by atoms with E-state index in [2.05, 4.69) is 132 Å². The van der Waals surface area contributed by atoms with Gasteiger partial charge in [0.2, 0.25) is 0 Å². The van der Waals surface area contributed by atoms with Crippen molar-refractivity contribution >= 4 is 11.8 Å². The lowest BCUT2D eigenvalue weighted by molar-refractivity contribution is 0.0228. The average molecular weight is 621 g/mol. The van der Waals surface area contributed by atoms with Crippen molar-refractivity contribution in [3.8, 4) is 0 Å². The number of benzene rings is 1. The van der Waals surface area contributed by atoms with E-state index in [4.69, 9.17) is 14.9 Å². The molecule has 4 nitrogen and oxygen atoms in total. The third-order valence-electron chi connectivity index (χ3n) is 8.84. The average Bonchev–Trinajstić information content (AvgIpc) is 2.91. The Bertz CT molecular complexity index is 922. The topological polar surface area (TPSA) is 69.9 Å². The molecular formula is C38H68O4S. The quantitative estimate of drug-likeness (QED) is 0.161. The van der Waals surface area contributed by atoms with Gasteiger partial charge in [-0.2, -0.15) is 11.8 Å². The van der Waals surface area contributed by atoms with Crippen molar-refractivity contribution in [1.82, 2.24) is 0 Å². The van der Waals surface area contributed by atoms with Gasteiger partial charge in [-0.25, -0.2) is 0 Å². The molecule has 0 fully saturated rings. The predicted molar refractivity (Wildman–Crippen MR) is 190 cm³/mol. The number of aliphatic hydroxyl groups is 3. The van der Waals surface area contributed by atoms with Crippen LogP contribution in [0.5, 0.6) is 0 Å². The molecule has 0 spiro atoms. The zero-order chi connectivity index (χ0) is 33.5. The first-order valence-electron chi connectivity index (χ1n) is 16.2. The minimum Gasteiger partial charge on any atom is -0.394 e. The van der Waals surface area contributed by atoms with E-state index < -0.39 is 12.2 Å². The first-order chi connectivity index (χ1) is 19.7. The Kier molecular flexibility index (Phi) is 18.9. The summed E-state index contributed by atoms with van der Waals surface area (Å²) in [6.07, 6.45) is 7.85. The lowest BCUT2D eigenvalue weighted by Crippen LogP contribution is -2.42. The monoisotopic (exact) mass is 620 g/mol. The van der Waals surface area contributed by atoms with Gasteiger partial charge in [-0.1, -0.05) is 123 Å². The van der Waals surface area contributed by atoms with Gasteiger partial charge in [-0.05, 0) is 72.7 Å². The number of hydrogen-bond acceptors (Lipinski definition) is 5. The van der Waals surface area contributed by atoms with Crippen LogP contribution in [-0.4, -0.2) is 58.9 Å². The van der Waals surface area contributed by atoms with E-state index in [0.29, 0.717) is 42.0 Å². The summed E-state index contributed by atoms with van der Waals surface area (Å²) in [5.74, 6) is 2.04. The normalized spacial score (nSPS) is 16.4. The predicted octanol–water partition coefficient (Wildman–Crippen LogP) is 9.30. The molecule has 4 atom stereocenters. The smallest absolute Gasteiger partial charge is 0.0863 e. The molecule has 0 amide bonds. The van der Waals surface area contributed by atoms with Crippen molar-refractivity contribution in [3.05, 3.63) is 59.7 Å². The Balaban J connectivity index is 0.00000114. The maximum Gasteiger partial charge on any atom is 0.0863 e. The first-order valence-corrected chi connectivity index (χ1v) is 17.4. The number of rotatable bonds is 16. The largest absolute Gasteiger partial charge is 0.394 e. The van der Waals surface area contributed by atoms with Crippen molar-refractivity contribution in [2.24, 2.45) is 27.6 Å². The molecule has 4 unspecified atom stereocenters. The molecule has 0 heterocycles. The van der Waals surface area contributed by atoms with Crippen LogP contribution >= 0.6 is 11.8 Å². The van der Waals surface area contributed by atoms with E-state index in [0.717, 1.165) is 0 Å². The highest BCUT2D eigenvalue weighted by Gasteiger charge is 2.47. The fraction of sp³-hybridized carbons (Fsp3) is 0.737. The Labute approximate surface area is 270 Å². The van der Waals surface area contributed by atoms with Gasteiger partial charge >= 0.3 is 0 Å². The van der Waals surface area contributed by atoms with Gasteiger partial charge in [0, 0.05) is 18.1 Å². The van der Waals surface area contributed by atoms with Gasteiger partial charge in [0.1, 0.15) is 0 Å². The van der Waals surface area contributed by atoms with E-state index in [-0.39, 0.29) is 22.9 Å². The number of ether oxygens (including phenoxy) is 1. The molecule has 0 aromatic heterocycles. The van der Waals surface area contributed by atoms with Gasteiger partial charge in [-0.3, -0.25) is 0 Å². The van der Waals surface area contributed by atoms with Gasteiger partial charge in [0.15, 0.2) is 0 Å². The van der Waals surface area contributed by atoms with Crippen LogP contribution in [0.2, 0.25) is 0 Å². The Morgan fingerprint density at radius 3 is 1.91 bits per heavy atom. The van der Waals surface area contributed by atoms with Crippen LogP contribution in [0.25, 0.3) is 0 Å². The molecule has 0 saturated heterocycles. The molecule has 0 aliphatic rings. The van der Waals surface area contributed by atoms with E-state index in [1.807, 2.05) is 6.92 Å². The Morgan fingerprint density at radius 2 is 1.44 bits per heavy atom. The number of aliphatic hydroxyl groups excluding tert-OH is 3. The lowest BCUT2D eigenvalue weighted by atomic mass is 9.53. The van der Waals surface area contributed by atoms with Gasteiger partial charge < -0.3 is 20.1 Å². The van der Waals surface area contributed by atoms with Gasteiger partial charge in [0.25, 0.3) is 0 Å². The standard InChI is InChI=1S/C30H50.C8H18O4S/c1-13-14-18-23(2)25(28(6,7)8)22-29(9,10)30(11,12)26(21-27(3,4)5)24-19-16-15-17-20-24;1-2-12-4-8(11)6-13-5-7(10)3-9/h13-20,25-26H,21-22H2,1-12H3;7-11H,2-6H2,1H3/b14-13-,23-18+;. The second-order valence-electron chi connectivity index (χ2n) is 15.6. The third kappa shape index (κ3) is 16.1. The maximum atomic E-state index is 9.28. The van der Waals surface area contributed by atoms with Crippen LogP contribution in [0.15, 0.2) is 54.1 Å². The van der Waals surface area contributed by atoms with Crippen molar-refractivity contribution in [1.29, 1.82) is 0 Å². The molecular weight excluding hydrogens is 552 g/mol. The zero-order valence-electron chi connectivity index (χ0n) is 30.0. The summed E-state index contributed by atoms with van der Waals surface area (Å²) in [4.78, 5) is 0. The van der Waals surface area contributed by atoms with Gasteiger partial charge in [-0.15, -0.1) is 0 Å². The van der Waals surface area contributed by atoms with Crippen LogP contribution in [-0.2, 0) is 4.74 Å². The number of allylic oxidation sites excluding steroid dienone is 4. The second kappa shape index (κ2) is 19.4. The molecule has 3 N–H and O–H groups in total. The number of thioether (sulfide) groups is 1. The maximum absolute atomic E-state index is 9.28. The first kappa shape index (κ1) is 41.9. The molecule has 1 rings (SSSR count). The van der Waals surface area contributed by atoms with Crippen LogP contribution in [0.1, 0.15) is 114 Å². The Hall–Kier alpha value is -1.11. The van der Waals surface area contributed by atoms with Crippen LogP contribution in [0, 0.1) is 27.6 Å². The number of hydrogen-bond donors (Lipinski definition) is 3. The molecule has 1 aromatic rings. The van der Waals surface area contributed by atoms with Gasteiger partial charge in [0.05, 0.1) is 25.4 Å². The highest BCUT2D eigenvalue weighted by Crippen LogP contribution is 2.57. The van der Waals surface area contributed by atoms with Crippen molar-refractivity contribution < 1.29 is 20.1 Å². The summed E-state index contributed by atoms with van der Waals surface area (Å²) < 4.78 is 5.00. The lowest BCUT2D eigenvalue weighted by Gasteiger charge is -2.52. The molecule has 0 aliphatic heterocycles. The van der Waals surface area contributed by atoms with E-state index >= 15 is 0 Å². The molecule has 0 saturated carbocycles. The second-order valence-corrected chi connectivity index (χ2v) is 16.7. The molecule has 43 heavy (non-hydrogen) atoms. The van der Waals surface area contributed by atoms with Crippen molar-refractivity contribution in [3.63, 3.8) is 0 Å². The summed E-state index contributed by atoms with van der Waals surface area (Å²) in [5.41, 5.74) is 3.85. The summed E-state index contributed by atoms with van der Waals surface area (Å²) in [5, 5.41) is 26.7. The van der Waals surface area contributed by atoms with Crippen LogP contribution < -0.4 is 0 Å². The fourth-order valence-corrected chi connectivity index (χ4v) is 6.42. The van der Waals surface area contributed by atoms with Crippen LogP contribution in [0.4, 0.5) is 0 Å². The minimum absolute atomic E-state index is 0.159. The van der Waals surface area contributed by atoms with E-state index in [1.54, 1.807) is 0 Å². The summed E-state index contributed by atoms with van der Waals surface area (Å²) in [6.45, 7) is 31.4. The van der Waals surface area contributed by atoms with Crippen LogP contribution in [0.3, 0.4) is 0 Å². The SMILES string of the molecule is C/C=C\C=C(/C)C(CC(C)(C)C(C)(C)C(CC(C)(C)C)c1ccccc1)C(C)(C)C.CCOCC(O)CSCC(O)CO. The molecule has 0 radical (unpaired) electrons. The van der Waals surface area contributed by atoms with Crippen molar-refractivity contribution in [2.45, 2.75) is 121 Å². The zero-order valence-corrected chi connectivity index (χ0v) is 30.9. The Morgan fingerprint density at radius 1 is 0.884 bits per heavy atom. The molecule has 1 aromatic carbocycles. The highest BCUT2D eigenvalue weighted by molar-refractivity contribution is 7.99. The third-order valence-corrected chi connectivity index (χ3v) is 10.1. The minimum atomic E-state index is -0.690. The molecule has 250 valence electrons. The molecule has 5 heteroatoms.